The third-order valence-corrected chi connectivity index (χ3v) is 3.56. The Balaban J connectivity index is 2.22. The van der Waals surface area contributed by atoms with E-state index in [0.717, 1.165) is 25.9 Å². The van der Waals surface area contributed by atoms with Gasteiger partial charge in [-0.2, -0.15) is 0 Å². The molecule has 1 saturated heterocycles. The van der Waals surface area contributed by atoms with Crippen LogP contribution in [0.5, 0.6) is 0 Å². The Bertz CT molecular complexity index is 237. The quantitative estimate of drug-likeness (QED) is 0.732. The number of carbonyl (C=O) groups excluding carboxylic acids is 1. The highest BCUT2D eigenvalue weighted by Crippen LogP contribution is 2.17. The lowest BCUT2D eigenvalue weighted by Gasteiger charge is -2.24. The van der Waals surface area contributed by atoms with Crippen molar-refractivity contribution in [1.82, 2.24) is 5.32 Å². The number of hydrogen-bond donors (Lipinski definition) is 2. The van der Waals surface area contributed by atoms with E-state index < -0.39 is 0 Å². The van der Waals surface area contributed by atoms with Gasteiger partial charge >= 0.3 is 0 Å². The molecule has 0 radical (unpaired) electrons. The number of hydrogen-bond acceptors (Lipinski definition) is 3. The molecule has 0 aromatic heterocycles. The van der Waals surface area contributed by atoms with Gasteiger partial charge in [-0.3, -0.25) is 4.79 Å². The fourth-order valence-corrected chi connectivity index (χ4v) is 2.32. The van der Waals surface area contributed by atoms with Crippen molar-refractivity contribution in [2.45, 2.75) is 64.5 Å². The molecule has 18 heavy (non-hydrogen) atoms. The maximum absolute atomic E-state index is 11.8. The van der Waals surface area contributed by atoms with Crippen LogP contribution >= 0.6 is 0 Å². The Morgan fingerprint density at radius 3 is 2.78 bits per heavy atom. The molecule has 1 rings (SSSR count). The molecule has 106 valence electrons. The van der Waals surface area contributed by atoms with E-state index in [-0.39, 0.29) is 24.7 Å². The molecule has 0 aromatic carbocycles. The van der Waals surface area contributed by atoms with Gasteiger partial charge in [0, 0.05) is 25.7 Å². The lowest BCUT2D eigenvalue weighted by Crippen LogP contribution is -2.39. The Labute approximate surface area is 110 Å². The second-order valence-corrected chi connectivity index (χ2v) is 5.46. The number of carbonyl (C=O) groups is 1. The van der Waals surface area contributed by atoms with Crippen LogP contribution in [0.15, 0.2) is 0 Å². The van der Waals surface area contributed by atoms with Crippen LogP contribution in [-0.2, 0) is 9.53 Å². The minimum Gasteiger partial charge on any atom is -0.396 e. The normalized spacial score (nSPS) is 21.9. The third-order valence-electron chi connectivity index (χ3n) is 3.56. The second kappa shape index (κ2) is 8.48. The van der Waals surface area contributed by atoms with Gasteiger partial charge in [-0.25, -0.2) is 0 Å². The molecular formula is C14H27NO3. The van der Waals surface area contributed by atoms with Gasteiger partial charge in [0.15, 0.2) is 0 Å². The standard InChI is InChI=1S/C14H27NO3/c1-11(2)13(8-9-16)15-14(17)7-6-12-5-3-4-10-18-12/h11-13,16H,3-10H2,1-2H3,(H,15,17). The first kappa shape index (κ1) is 15.4. The van der Waals surface area contributed by atoms with E-state index in [9.17, 15) is 4.79 Å². The van der Waals surface area contributed by atoms with Crippen LogP contribution in [0.4, 0.5) is 0 Å². The van der Waals surface area contributed by atoms with Gasteiger partial charge in [0.2, 0.25) is 5.91 Å². The summed E-state index contributed by atoms with van der Waals surface area (Å²) in [6, 6.07) is 0.0785. The zero-order valence-electron chi connectivity index (χ0n) is 11.7. The van der Waals surface area contributed by atoms with Gasteiger partial charge in [0.05, 0.1) is 6.10 Å². The molecule has 0 bridgehead atoms. The van der Waals surface area contributed by atoms with Crippen LogP contribution in [0.25, 0.3) is 0 Å². The van der Waals surface area contributed by atoms with Crippen LogP contribution < -0.4 is 5.32 Å². The van der Waals surface area contributed by atoms with Gasteiger partial charge in [-0.15, -0.1) is 0 Å². The van der Waals surface area contributed by atoms with Crippen LogP contribution in [0.1, 0.15) is 52.4 Å². The number of aliphatic hydroxyl groups excluding tert-OH is 1. The Hall–Kier alpha value is -0.610. The van der Waals surface area contributed by atoms with E-state index in [1.54, 1.807) is 0 Å². The minimum atomic E-state index is 0.0785. The van der Waals surface area contributed by atoms with E-state index in [2.05, 4.69) is 19.2 Å². The number of rotatable bonds is 7. The van der Waals surface area contributed by atoms with Gasteiger partial charge in [-0.05, 0) is 38.0 Å². The summed E-state index contributed by atoms with van der Waals surface area (Å²) in [7, 11) is 0. The third kappa shape index (κ3) is 5.83. The van der Waals surface area contributed by atoms with E-state index in [0.29, 0.717) is 18.8 Å². The second-order valence-electron chi connectivity index (χ2n) is 5.46. The predicted octanol–water partition coefficient (Wildman–Crippen LogP) is 1.86. The topological polar surface area (TPSA) is 58.6 Å². The summed E-state index contributed by atoms with van der Waals surface area (Å²) in [5.41, 5.74) is 0. The van der Waals surface area contributed by atoms with Crippen LogP contribution in [0, 0.1) is 5.92 Å². The number of aliphatic hydroxyl groups is 1. The Morgan fingerprint density at radius 2 is 2.22 bits per heavy atom. The lowest BCUT2D eigenvalue weighted by molar-refractivity contribution is -0.123. The lowest BCUT2D eigenvalue weighted by atomic mass is 10.0. The zero-order valence-corrected chi connectivity index (χ0v) is 11.7. The summed E-state index contributed by atoms with van der Waals surface area (Å²) < 4.78 is 5.61. The molecule has 2 atom stereocenters. The Morgan fingerprint density at radius 1 is 1.44 bits per heavy atom. The van der Waals surface area contributed by atoms with Crippen molar-refractivity contribution in [3.8, 4) is 0 Å². The highest BCUT2D eigenvalue weighted by Gasteiger charge is 2.18. The molecule has 1 fully saturated rings. The summed E-state index contributed by atoms with van der Waals surface area (Å²) in [4.78, 5) is 11.8. The van der Waals surface area contributed by atoms with Crippen LogP contribution in [0.2, 0.25) is 0 Å². The van der Waals surface area contributed by atoms with E-state index in [4.69, 9.17) is 9.84 Å². The highest BCUT2D eigenvalue weighted by atomic mass is 16.5. The molecule has 4 nitrogen and oxygen atoms in total. The maximum Gasteiger partial charge on any atom is 0.220 e. The molecule has 1 aliphatic heterocycles. The molecule has 0 spiro atoms. The van der Waals surface area contributed by atoms with Gasteiger partial charge in [-0.1, -0.05) is 13.8 Å². The highest BCUT2D eigenvalue weighted by molar-refractivity contribution is 5.76. The van der Waals surface area contributed by atoms with Gasteiger partial charge < -0.3 is 15.2 Å². The number of ether oxygens (including phenoxy) is 1. The summed E-state index contributed by atoms with van der Waals surface area (Å²) >= 11 is 0. The first-order chi connectivity index (χ1) is 8.63. The van der Waals surface area contributed by atoms with Crippen molar-refractivity contribution >= 4 is 5.91 Å². The summed E-state index contributed by atoms with van der Waals surface area (Å²) in [6.07, 6.45) is 5.68. The molecular weight excluding hydrogens is 230 g/mol. The number of amides is 1. The molecule has 1 amide bonds. The fraction of sp³-hybridized carbons (Fsp3) is 0.929. The monoisotopic (exact) mass is 257 g/mol. The van der Waals surface area contributed by atoms with E-state index >= 15 is 0 Å². The fourth-order valence-electron chi connectivity index (χ4n) is 2.32. The smallest absolute Gasteiger partial charge is 0.220 e. The van der Waals surface area contributed by atoms with Crippen molar-refractivity contribution in [2.75, 3.05) is 13.2 Å². The molecule has 0 aromatic rings. The average molecular weight is 257 g/mol. The first-order valence-electron chi connectivity index (χ1n) is 7.15. The molecule has 1 aliphatic rings. The van der Waals surface area contributed by atoms with Crippen LogP contribution in [-0.4, -0.2) is 36.4 Å². The first-order valence-corrected chi connectivity index (χ1v) is 7.15. The summed E-state index contributed by atoms with van der Waals surface area (Å²) in [5, 5.41) is 12.0. The van der Waals surface area contributed by atoms with Crippen molar-refractivity contribution in [2.24, 2.45) is 5.92 Å². The molecule has 0 aliphatic carbocycles. The van der Waals surface area contributed by atoms with E-state index in [1.165, 1.54) is 6.42 Å². The van der Waals surface area contributed by atoms with Crippen molar-refractivity contribution in [3.05, 3.63) is 0 Å². The van der Waals surface area contributed by atoms with Crippen molar-refractivity contribution in [3.63, 3.8) is 0 Å². The van der Waals surface area contributed by atoms with E-state index in [1.807, 2.05) is 0 Å². The van der Waals surface area contributed by atoms with Gasteiger partial charge in [0.25, 0.3) is 0 Å². The largest absolute Gasteiger partial charge is 0.396 e. The predicted molar refractivity (Wildman–Crippen MR) is 71.3 cm³/mol. The minimum absolute atomic E-state index is 0.0785. The molecule has 2 unspecified atom stereocenters. The SMILES string of the molecule is CC(C)C(CCO)NC(=O)CCC1CCCCO1. The Kier molecular flexibility index (Phi) is 7.28. The van der Waals surface area contributed by atoms with Crippen molar-refractivity contribution in [1.29, 1.82) is 0 Å². The maximum atomic E-state index is 11.8. The molecule has 1 heterocycles. The summed E-state index contributed by atoms with van der Waals surface area (Å²) in [5.74, 6) is 0.434. The molecule has 0 saturated carbocycles. The van der Waals surface area contributed by atoms with Gasteiger partial charge in [0.1, 0.15) is 0 Å². The molecule has 2 N–H and O–H groups in total. The average Bonchev–Trinajstić information content (AvgIpc) is 2.37. The molecule has 4 heteroatoms. The zero-order chi connectivity index (χ0) is 13.4. The van der Waals surface area contributed by atoms with Crippen LogP contribution in [0.3, 0.4) is 0 Å². The van der Waals surface area contributed by atoms with Crippen molar-refractivity contribution < 1.29 is 14.6 Å². The summed E-state index contributed by atoms with van der Waals surface area (Å²) in [6.45, 7) is 5.08. The number of nitrogens with one attached hydrogen (secondary N) is 1.